The van der Waals surface area contributed by atoms with E-state index in [1.54, 1.807) is 12.1 Å². The maximum absolute atomic E-state index is 12.5. The van der Waals surface area contributed by atoms with Crippen molar-refractivity contribution < 1.29 is 33.4 Å². The van der Waals surface area contributed by atoms with Gasteiger partial charge in [0.2, 0.25) is 0 Å². The van der Waals surface area contributed by atoms with Gasteiger partial charge in [-0.15, -0.1) is 0 Å². The molecule has 0 aliphatic carbocycles. The first-order chi connectivity index (χ1) is 13.7. The van der Waals surface area contributed by atoms with Crippen molar-refractivity contribution in [2.45, 2.75) is 13.0 Å². The Morgan fingerprint density at radius 1 is 1.28 bits per heavy atom. The van der Waals surface area contributed by atoms with Crippen molar-refractivity contribution in [3.05, 3.63) is 51.6 Å². The van der Waals surface area contributed by atoms with E-state index < -0.39 is 29.1 Å². The highest BCUT2D eigenvalue weighted by atomic mass is 35.5. The number of hydrogen-bond acceptors (Lipinski definition) is 7. The zero-order chi connectivity index (χ0) is 21.3. The predicted molar refractivity (Wildman–Crippen MR) is 105 cm³/mol. The molecule has 29 heavy (non-hydrogen) atoms. The van der Waals surface area contributed by atoms with Crippen LogP contribution in [0.5, 0.6) is 0 Å². The van der Waals surface area contributed by atoms with E-state index in [1.807, 2.05) is 0 Å². The van der Waals surface area contributed by atoms with Crippen LogP contribution in [0.15, 0.2) is 39.7 Å². The number of methoxy groups -OCH3 is 1. The van der Waals surface area contributed by atoms with Crippen LogP contribution in [0.1, 0.15) is 23.0 Å². The average molecular weight is 436 g/mol. The first-order valence-electron chi connectivity index (χ1n) is 8.21. The van der Waals surface area contributed by atoms with Gasteiger partial charge in [-0.3, -0.25) is 14.5 Å². The minimum atomic E-state index is -1.11. The lowest BCUT2D eigenvalue weighted by Crippen LogP contribution is -2.42. The smallest absolute Gasteiger partial charge is 0.335 e. The lowest BCUT2D eigenvalue weighted by molar-refractivity contribution is -0.148. The number of carbonyl (C=O) groups excluding carboxylic acids is 3. The fourth-order valence-electron chi connectivity index (χ4n) is 2.64. The van der Waals surface area contributed by atoms with Gasteiger partial charge in [0.25, 0.3) is 11.1 Å². The molecule has 2 aromatic rings. The number of esters is 1. The van der Waals surface area contributed by atoms with E-state index in [-0.39, 0.29) is 16.2 Å². The fraction of sp³-hybridized carbons (Fsp3) is 0.158. The van der Waals surface area contributed by atoms with E-state index >= 15 is 0 Å². The standard InChI is InChI=1S/C19H14ClNO7S/c1-9(18(25)27-2)21-16(22)15(29-19(21)26)8-11-4-6-14(28-11)12-7-10(17(23)24)3-5-13(12)20/h3-9H,1-2H3,(H,23,24)/b15-8-/t9-/m0/s1. The van der Waals surface area contributed by atoms with Crippen LogP contribution in [-0.4, -0.2) is 46.2 Å². The van der Waals surface area contributed by atoms with Crippen molar-refractivity contribution in [1.82, 2.24) is 4.90 Å². The van der Waals surface area contributed by atoms with E-state index in [9.17, 15) is 19.2 Å². The minimum Gasteiger partial charge on any atom is -0.478 e. The number of amides is 2. The van der Waals surface area contributed by atoms with Crippen molar-refractivity contribution in [1.29, 1.82) is 0 Å². The van der Waals surface area contributed by atoms with E-state index in [0.717, 1.165) is 4.90 Å². The molecule has 0 radical (unpaired) electrons. The largest absolute Gasteiger partial charge is 0.478 e. The number of nitrogens with zero attached hydrogens (tertiary/aromatic N) is 1. The van der Waals surface area contributed by atoms with Crippen LogP contribution in [0, 0.1) is 0 Å². The third-order valence-electron chi connectivity index (χ3n) is 4.13. The number of carbonyl (C=O) groups is 4. The normalized spacial score (nSPS) is 16.4. The van der Waals surface area contributed by atoms with Crippen molar-refractivity contribution in [3.63, 3.8) is 0 Å². The van der Waals surface area contributed by atoms with Gasteiger partial charge in [-0.25, -0.2) is 9.59 Å². The molecule has 0 unspecified atom stereocenters. The number of benzene rings is 1. The van der Waals surface area contributed by atoms with Gasteiger partial charge in [-0.2, -0.15) is 0 Å². The van der Waals surface area contributed by atoms with Gasteiger partial charge in [0.1, 0.15) is 17.6 Å². The third kappa shape index (κ3) is 4.06. The summed E-state index contributed by atoms with van der Waals surface area (Å²) in [5, 5.41) is 8.83. The monoisotopic (exact) mass is 435 g/mol. The maximum atomic E-state index is 12.5. The van der Waals surface area contributed by atoms with E-state index in [0.29, 0.717) is 28.1 Å². The van der Waals surface area contributed by atoms with Gasteiger partial charge >= 0.3 is 11.9 Å². The Bertz CT molecular complexity index is 1060. The van der Waals surface area contributed by atoms with Crippen molar-refractivity contribution in [3.8, 4) is 11.3 Å². The molecule has 1 aliphatic heterocycles. The second-order valence-corrected chi connectivity index (χ2v) is 7.35. The number of aromatic carboxylic acids is 1. The van der Waals surface area contributed by atoms with Crippen LogP contribution >= 0.6 is 23.4 Å². The summed E-state index contributed by atoms with van der Waals surface area (Å²) in [7, 11) is 1.17. The molecule has 10 heteroatoms. The van der Waals surface area contributed by atoms with Gasteiger partial charge in [0.15, 0.2) is 0 Å². The zero-order valence-corrected chi connectivity index (χ0v) is 16.7. The molecule has 1 aliphatic rings. The zero-order valence-electron chi connectivity index (χ0n) is 15.2. The van der Waals surface area contributed by atoms with Gasteiger partial charge in [0, 0.05) is 11.6 Å². The Morgan fingerprint density at radius 3 is 2.66 bits per heavy atom. The van der Waals surface area contributed by atoms with Crippen LogP contribution in [0.3, 0.4) is 0 Å². The molecule has 0 bridgehead atoms. The number of carboxylic acids is 1. The highest BCUT2D eigenvalue weighted by Crippen LogP contribution is 2.35. The number of ether oxygens (including phenoxy) is 1. The number of hydrogen-bond donors (Lipinski definition) is 1. The van der Waals surface area contributed by atoms with E-state index in [4.69, 9.17) is 21.1 Å². The summed E-state index contributed by atoms with van der Waals surface area (Å²) in [6, 6.07) is 6.26. The predicted octanol–water partition coefficient (Wildman–Crippen LogP) is 3.90. The summed E-state index contributed by atoms with van der Waals surface area (Å²) in [6.07, 6.45) is 1.37. The van der Waals surface area contributed by atoms with Gasteiger partial charge < -0.3 is 14.3 Å². The number of carboxylic acid groups (broad SMARTS) is 1. The summed E-state index contributed by atoms with van der Waals surface area (Å²) in [4.78, 5) is 48.4. The second-order valence-electron chi connectivity index (χ2n) is 5.95. The number of halogens is 1. The molecule has 1 saturated heterocycles. The number of furan rings is 1. The summed E-state index contributed by atoms with van der Waals surface area (Å²) in [6.45, 7) is 1.40. The van der Waals surface area contributed by atoms with Crippen molar-refractivity contribution in [2.75, 3.05) is 7.11 Å². The number of rotatable bonds is 5. The summed E-state index contributed by atoms with van der Waals surface area (Å²) in [5.41, 5.74) is 0.416. The molecular weight excluding hydrogens is 422 g/mol. The highest BCUT2D eigenvalue weighted by molar-refractivity contribution is 8.18. The molecule has 8 nitrogen and oxygen atoms in total. The first kappa shape index (κ1) is 20.7. The average Bonchev–Trinajstić information content (AvgIpc) is 3.25. The summed E-state index contributed by atoms with van der Waals surface area (Å²) >= 11 is 6.81. The Labute approximate surface area is 174 Å². The third-order valence-corrected chi connectivity index (χ3v) is 5.35. The van der Waals surface area contributed by atoms with Crippen LogP contribution in [0.25, 0.3) is 17.4 Å². The molecular formula is C19H14ClNO7S. The topological polar surface area (TPSA) is 114 Å². The SMILES string of the molecule is COC(=O)[C@H](C)N1C(=O)S/C(=C\c2ccc(-c3cc(C(=O)O)ccc3Cl)o2)C1=O. The second kappa shape index (κ2) is 8.14. The minimum absolute atomic E-state index is 0.0419. The number of imide groups is 1. The maximum Gasteiger partial charge on any atom is 0.335 e. The molecule has 0 saturated carbocycles. The molecule has 3 rings (SSSR count). The van der Waals surface area contributed by atoms with Gasteiger partial charge in [-0.05, 0) is 49.0 Å². The molecule has 150 valence electrons. The van der Waals surface area contributed by atoms with Gasteiger partial charge in [0.05, 0.1) is 22.6 Å². The number of thioether (sulfide) groups is 1. The lowest BCUT2D eigenvalue weighted by atomic mass is 10.1. The molecule has 2 heterocycles. The van der Waals surface area contributed by atoms with Crippen LogP contribution in [-0.2, 0) is 14.3 Å². The molecule has 1 fully saturated rings. The lowest BCUT2D eigenvalue weighted by Gasteiger charge is -2.18. The van der Waals surface area contributed by atoms with Gasteiger partial charge in [-0.1, -0.05) is 11.6 Å². The first-order valence-corrected chi connectivity index (χ1v) is 9.40. The molecule has 2 amide bonds. The van der Waals surface area contributed by atoms with E-state index in [1.165, 1.54) is 38.3 Å². The Balaban J connectivity index is 1.89. The Morgan fingerprint density at radius 2 is 2.00 bits per heavy atom. The Hall–Kier alpha value is -3.04. The van der Waals surface area contributed by atoms with Crippen LogP contribution in [0.2, 0.25) is 5.02 Å². The van der Waals surface area contributed by atoms with Crippen molar-refractivity contribution in [2.24, 2.45) is 0 Å². The highest BCUT2D eigenvalue weighted by Gasteiger charge is 2.41. The van der Waals surface area contributed by atoms with Crippen molar-refractivity contribution >= 4 is 52.5 Å². The molecule has 0 spiro atoms. The van der Waals surface area contributed by atoms with E-state index in [2.05, 4.69) is 4.74 Å². The Kier molecular flexibility index (Phi) is 5.81. The molecule has 1 aromatic carbocycles. The van der Waals surface area contributed by atoms with Crippen LogP contribution < -0.4 is 0 Å². The quantitative estimate of drug-likeness (QED) is 0.555. The molecule has 1 aromatic heterocycles. The molecule has 1 N–H and O–H groups in total. The fourth-order valence-corrected chi connectivity index (χ4v) is 3.74. The summed E-state index contributed by atoms with van der Waals surface area (Å²) < 4.78 is 10.2. The van der Waals surface area contributed by atoms with Crippen LogP contribution in [0.4, 0.5) is 4.79 Å². The molecule has 1 atom stereocenters. The summed E-state index contributed by atoms with van der Waals surface area (Å²) in [5.74, 6) is -1.90.